The standard InChI is InChI=1S/C21H22N4O/c1-12-4-5-15(8-13(12)2)25-20-11-19(18(23)10-21(20)26)24-16-6-7-17(22)14(3)9-16/h4-11,25H,22-23H2,1-3H3. The molecule has 0 unspecified atom stereocenters. The van der Waals surface area contributed by atoms with Crippen molar-refractivity contribution in [2.24, 2.45) is 10.7 Å². The van der Waals surface area contributed by atoms with Gasteiger partial charge in [0.15, 0.2) is 0 Å². The molecule has 132 valence electrons. The SMILES string of the molecule is Cc1ccc(NC2=CC(=Nc3ccc(N)c(C)c3)C(N)=CC2=O)cc1C. The minimum atomic E-state index is -0.173. The maximum absolute atomic E-state index is 12.3. The predicted octanol–water partition coefficient (Wildman–Crippen LogP) is 3.69. The first kappa shape index (κ1) is 17.5. The summed E-state index contributed by atoms with van der Waals surface area (Å²) in [6, 6.07) is 11.5. The molecule has 0 atom stereocenters. The van der Waals surface area contributed by atoms with Gasteiger partial charge in [-0.25, -0.2) is 4.99 Å². The van der Waals surface area contributed by atoms with Crippen LogP contribution < -0.4 is 16.8 Å². The Kier molecular flexibility index (Phi) is 4.63. The van der Waals surface area contributed by atoms with E-state index in [0.29, 0.717) is 22.8 Å². The Morgan fingerprint density at radius 1 is 0.885 bits per heavy atom. The lowest BCUT2D eigenvalue weighted by atomic mass is 10.0. The third kappa shape index (κ3) is 3.67. The number of nitrogens with one attached hydrogen (secondary N) is 1. The van der Waals surface area contributed by atoms with Crippen LogP contribution in [0.25, 0.3) is 0 Å². The van der Waals surface area contributed by atoms with Crippen molar-refractivity contribution in [1.82, 2.24) is 0 Å². The van der Waals surface area contributed by atoms with Crippen molar-refractivity contribution in [3.05, 3.63) is 76.6 Å². The van der Waals surface area contributed by atoms with Crippen LogP contribution in [0.15, 0.2) is 64.9 Å². The van der Waals surface area contributed by atoms with Gasteiger partial charge in [-0.15, -0.1) is 0 Å². The number of benzene rings is 2. The zero-order valence-electron chi connectivity index (χ0n) is 15.1. The molecule has 0 aliphatic heterocycles. The summed E-state index contributed by atoms with van der Waals surface area (Å²) < 4.78 is 0. The molecule has 0 spiro atoms. The van der Waals surface area contributed by atoms with Crippen molar-refractivity contribution in [3.8, 4) is 0 Å². The van der Waals surface area contributed by atoms with Crippen molar-refractivity contribution >= 4 is 28.6 Å². The third-order valence-corrected chi connectivity index (χ3v) is 4.42. The summed E-state index contributed by atoms with van der Waals surface area (Å²) in [5.41, 5.74) is 18.8. The van der Waals surface area contributed by atoms with Crippen molar-refractivity contribution in [2.75, 3.05) is 11.1 Å². The number of nitrogen functional groups attached to an aromatic ring is 1. The fourth-order valence-electron chi connectivity index (χ4n) is 2.62. The van der Waals surface area contributed by atoms with E-state index in [1.807, 2.05) is 51.1 Å². The molecule has 26 heavy (non-hydrogen) atoms. The minimum absolute atomic E-state index is 0.173. The van der Waals surface area contributed by atoms with Gasteiger partial charge in [0.1, 0.15) is 0 Å². The van der Waals surface area contributed by atoms with E-state index in [1.54, 1.807) is 12.1 Å². The van der Waals surface area contributed by atoms with Crippen molar-refractivity contribution < 1.29 is 4.79 Å². The first-order valence-electron chi connectivity index (χ1n) is 8.36. The van der Waals surface area contributed by atoms with Gasteiger partial charge in [-0.05, 0) is 73.9 Å². The molecule has 0 saturated heterocycles. The Labute approximate surface area is 153 Å². The lowest BCUT2D eigenvalue weighted by Gasteiger charge is -2.15. The largest absolute Gasteiger partial charge is 0.399 e. The summed E-state index contributed by atoms with van der Waals surface area (Å²) in [6.45, 7) is 6.00. The third-order valence-electron chi connectivity index (χ3n) is 4.42. The molecule has 3 rings (SSSR count). The molecule has 0 radical (unpaired) electrons. The summed E-state index contributed by atoms with van der Waals surface area (Å²) in [5.74, 6) is -0.173. The second kappa shape index (κ2) is 6.88. The van der Waals surface area contributed by atoms with Gasteiger partial charge in [0.05, 0.1) is 22.8 Å². The quantitative estimate of drug-likeness (QED) is 0.584. The van der Waals surface area contributed by atoms with Gasteiger partial charge in [-0.2, -0.15) is 0 Å². The Morgan fingerprint density at radius 2 is 1.65 bits per heavy atom. The fraction of sp³-hybridized carbons (Fsp3) is 0.143. The van der Waals surface area contributed by atoms with Crippen molar-refractivity contribution in [3.63, 3.8) is 0 Å². The van der Waals surface area contributed by atoms with E-state index in [9.17, 15) is 4.79 Å². The van der Waals surface area contributed by atoms with E-state index in [1.165, 1.54) is 11.6 Å². The van der Waals surface area contributed by atoms with Crippen LogP contribution in [-0.2, 0) is 4.79 Å². The molecule has 5 nitrogen and oxygen atoms in total. The van der Waals surface area contributed by atoms with Gasteiger partial charge in [0.25, 0.3) is 0 Å². The van der Waals surface area contributed by atoms with Gasteiger partial charge in [0.2, 0.25) is 5.78 Å². The number of anilines is 2. The van der Waals surface area contributed by atoms with Gasteiger partial charge in [-0.1, -0.05) is 6.07 Å². The lowest BCUT2D eigenvalue weighted by molar-refractivity contribution is -0.111. The average Bonchev–Trinajstić information content (AvgIpc) is 2.58. The molecule has 0 aromatic heterocycles. The Bertz CT molecular complexity index is 984. The molecule has 5 N–H and O–H groups in total. The van der Waals surface area contributed by atoms with E-state index in [0.717, 1.165) is 22.5 Å². The zero-order chi connectivity index (χ0) is 18.8. The monoisotopic (exact) mass is 346 g/mol. The number of nitrogens with two attached hydrogens (primary N) is 2. The van der Waals surface area contributed by atoms with Gasteiger partial charge < -0.3 is 16.8 Å². The molecule has 0 bridgehead atoms. The number of aliphatic imine (C=N–C) groups is 1. The highest BCUT2D eigenvalue weighted by molar-refractivity contribution is 6.23. The van der Waals surface area contributed by atoms with Crippen LogP contribution >= 0.6 is 0 Å². The average molecular weight is 346 g/mol. The number of ketones is 1. The molecular weight excluding hydrogens is 324 g/mol. The fourth-order valence-corrected chi connectivity index (χ4v) is 2.62. The summed E-state index contributed by atoms with van der Waals surface area (Å²) in [4.78, 5) is 16.9. The Hall–Kier alpha value is -3.34. The smallest absolute Gasteiger partial charge is 0.204 e. The van der Waals surface area contributed by atoms with Gasteiger partial charge >= 0.3 is 0 Å². The van der Waals surface area contributed by atoms with Crippen molar-refractivity contribution in [2.45, 2.75) is 20.8 Å². The highest BCUT2D eigenvalue weighted by Gasteiger charge is 2.17. The van der Waals surface area contributed by atoms with Crippen LogP contribution in [0.3, 0.4) is 0 Å². The van der Waals surface area contributed by atoms with Crippen LogP contribution in [-0.4, -0.2) is 11.5 Å². The maximum Gasteiger partial charge on any atom is 0.204 e. The second-order valence-corrected chi connectivity index (χ2v) is 6.48. The molecule has 0 heterocycles. The summed E-state index contributed by atoms with van der Waals surface area (Å²) in [5, 5.41) is 3.17. The molecule has 0 saturated carbocycles. The molecule has 0 fully saturated rings. The predicted molar refractivity (Wildman–Crippen MR) is 108 cm³/mol. The first-order valence-corrected chi connectivity index (χ1v) is 8.36. The van der Waals surface area contributed by atoms with Crippen LogP contribution in [0.4, 0.5) is 17.1 Å². The second-order valence-electron chi connectivity index (χ2n) is 6.48. The van der Waals surface area contributed by atoms with E-state index in [4.69, 9.17) is 11.5 Å². The van der Waals surface area contributed by atoms with Crippen LogP contribution in [0, 0.1) is 20.8 Å². The van der Waals surface area contributed by atoms with Crippen LogP contribution in [0.1, 0.15) is 16.7 Å². The zero-order valence-corrected chi connectivity index (χ0v) is 15.1. The van der Waals surface area contributed by atoms with Gasteiger partial charge in [-0.3, -0.25) is 4.79 Å². The molecule has 1 aliphatic carbocycles. The molecule has 2 aromatic rings. The topological polar surface area (TPSA) is 93.5 Å². The number of hydrogen-bond donors (Lipinski definition) is 3. The summed E-state index contributed by atoms with van der Waals surface area (Å²) in [7, 11) is 0. The first-order chi connectivity index (χ1) is 12.3. The molecule has 5 heteroatoms. The molecular formula is C21H22N4O. The lowest BCUT2D eigenvalue weighted by Crippen LogP contribution is -2.22. The Morgan fingerprint density at radius 3 is 2.35 bits per heavy atom. The number of hydrogen-bond acceptors (Lipinski definition) is 5. The van der Waals surface area contributed by atoms with Crippen molar-refractivity contribution in [1.29, 1.82) is 0 Å². The van der Waals surface area contributed by atoms with E-state index < -0.39 is 0 Å². The van der Waals surface area contributed by atoms with Crippen LogP contribution in [0.5, 0.6) is 0 Å². The summed E-state index contributed by atoms with van der Waals surface area (Å²) in [6.07, 6.45) is 3.07. The summed E-state index contributed by atoms with van der Waals surface area (Å²) >= 11 is 0. The van der Waals surface area contributed by atoms with Crippen LogP contribution in [0.2, 0.25) is 0 Å². The van der Waals surface area contributed by atoms with E-state index >= 15 is 0 Å². The number of carbonyl (C=O) groups is 1. The van der Waals surface area contributed by atoms with E-state index in [2.05, 4.69) is 10.3 Å². The number of rotatable bonds is 3. The Balaban J connectivity index is 1.93. The number of carbonyl (C=O) groups excluding carboxylic acids is 1. The number of allylic oxidation sites excluding steroid dienone is 2. The number of aryl methyl sites for hydroxylation is 3. The van der Waals surface area contributed by atoms with Gasteiger partial charge in [0, 0.05) is 17.5 Å². The normalized spacial score (nSPS) is 15.7. The van der Waals surface area contributed by atoms with E-state index in [-0.39, 0.29) is 5.78 Å². The molecule has 2 aromatic carbocycles. The minimum Gasteiger partial charge on any atom is -0.399 e. The highest BCUT2D eigenvalue weighted by Crippen LogP contribution is 2.22. The highest BCUT2D eigenvalue weighted by atomic mass is 16.1. The molecule has 0 amide bonds. The maximum atomic E-state index is 12.3. The molecule has 1 aliphatic rings. The number of nitrogens with zero attached hydrogens (tertiary/aromatic N) is 1.